The van der Waals surface area contributed by atoms with Gasteiger partial charge in [0, 0.05) is 0 Å². The van der Waals surface area contributed by atoms with Gasteiger partial charge in [0.05, 0.1) is 21.3 Å². The maximum absolute atomic E-state index is 6.14. The molecular formula is C11H6Cl3IN2O. The first-order chi connectivity index (χ1) is 8.54. The van der Waals surface area contributed by atoms with Crippen LogP contribution >= 0.6 is 57.4 Å². The number of hydrogen-bond donors (Lipinski definition) is 0. The van der Waals surface area contributed by atoms with Crippen LogP contribution in [0, 0.1) is 3.57 Å². The molecule has 1 heterocycles. The molecule has 3 nitrogen and oxygen atoms in total. The third-order valence-electron chi connectivity index (χ3n) is 2.19. The van der Waals surface area contributed by atoms with E-state index in [0.29, 0.717) is 25.7 Å². The summed E-state index contributed by atoms with van der Waals surface area (Å²) in [6.07, 6.45) is 0. The van der Waals surface area contributed by atoms with Gasteiger partial charge in [0.1, 0.15) is 16.1 Å². The lowest BCUT2D eigenvalue weighted by Crippen LogP contribution is -1.97. The predicted octanol–water partition coefficient (Wildman–Crippen LogP) is 4.72. The topological polar surface area (TPSA) is 35.0 Å². The van der Waals surface area contributed by atoms with E-state index in [0.717, 1.165) is 0 Å². The van der Waals surface area contributed by atoms with Crippen LogP contribution in [0.3, 0.4) is 0 Å². The van der Waals surface area contributed by atoms with Gasteiger partial charge >= 0.3 is 0 Å². The van der Waals surface area contributed by atoms with Gasteiger partial charge in [-0.3, -0.25) is 0 Å². The lowest BCUT2D eigenvalue weighted by atomic mass is 10.2. The highest BCUT2D eigenvalue weighted by molar-refractivity contribution is 14.1. The summed E-state index contributed by atoms with van der Waals surface area (Å²) >= 11 is 20.1. The van der Waals surface area contributed by atoms with Crippen molar-refractivity contribution in [2.24, 2.45) is 0 Å². The number of nitrogens with zero attached hydrogens (tertiary/aromatic N) is 2. The summed E-state index contributed by atoms with van der Waals surface area (Å²) < 4.78 is 5.84. The molecule has 94 valence electrons. The van der Waals surface area contributed by atoms with E-state index < -0.39 is 0 Å². The average Bonchev–Trinajstić information content (AvgIpc) is 2.35. The Kier molecular flexibility index (Phi) is 4.53. The van der Waals surface area contributed by atoms with E-state index in [2.05, 4.69) is 9.97 Å². The quantitative estimate of drug-likeness (QED) is 0.526. The Morgan fingerprint density at radius 1 is 1.11 bits per heavy atom. The zero-order chi connectivity index (χ0) is 13.3. The summed E-state index contributed by atoms with van der Waals surface area (Å²) in [5.74, 6) is 0.906. The van der Waals surface area contributed by atoms with Crippen molar-refractivity contribution in [3.8, 4) is 17.1 Å². The van der Waals surface area contributed by atoms with Crippen molar-refractivity contribution in [3.05, 3.63) is 37.1 Å². The number of ether oxygens (including phenoxy) is 1. The van der Waals surface area contributed by atoms with E-state index in [4.69, 9.17) is 39.5 Å². The van der Waals surface area contributed by atoms with Crippen LogP contribution in [0.4, 0.5) is 0 Å². The normalized spacial score (nSPS) is 10.5. The van der Waals surface area contributed by atoms with Crippen LogP contribution in [0.2, 0.25) is 15.3 Å². The van der Waals surface area contributed by atoms with Crippen molar-refractivity contribution < 1.29 is 4.74 Å². The molecule has 1 aromatic heterocycles. The molecule has 2 aromatic rings. The number of aromatic nitrogens is 2. The molecule has 0 amide bonds. The number of halogens is 4. The molecule has 7 heteroatoms. The molecule has 0 spiro atoms. The monoisotopic (exact) mass is 414 g/mol. The Hall–Kier alpha value is -0.300. The van der Waals surface area contributed by atoms with E-state index in [1.807, 2.05) is 22.6 Å². The van der Waals surface area contributed by atoms with Crippen molar-refractivity contribution >= 4 is 57.4 Å². The fraction of sp³-hybridized carbons (Fsp3) is 0.0909. The molecule has 0 aliphatic heterocycles. The van der Waals surface area contributed by atoms with Crippen LogP contribution in [0.25, 0.3) is 11.4 Å². The minimum Gasteiger partial charge on any atom is -0.496 e. The van der Waals surface area contributed by atoms with Crippen molar-refractivity contribution in [1.29, 1.82) is 0 Å². The second-order valence-corrected chi connectivity index (χ2v) is 5.46. The third kappa shape index (κ3) is 2.66. The number of rotatable bonds is 2. The van der Waals surface area contributed by atoms with Crippen LogP contribution < -0.4 is 4.74 Å². The summed E-state index contributed by atoms with van der Waals surface area (Å²) in [6, 6.07) is 5.27. The smallest absolute Gasteiger partial charge is 0.167 e. The predicted molar refractivity (Wildman–Crippen MR) is 81.8 cm³/mol. The maximum atomic E-state index is 6.14. The minimum atomic E-state index is 0.285. The molecular weight excluding hydrogens is 409 g/mol. The summed E-state index contributed by atoms with van der Waals surface area (Å²) in [4.78, 5) is 8.34. The Bertz CT molecular complexity index is 584. The van der Waals surface area contributed by atoms with Gasteiger partial charge in [0.2, 0.25) is 0 Å². The molecule has 0 fully saturated rings. The average molecular weight is 415 g/mol. The van der Waals surface area contributed by atoms with Crippen molar-refractivity contribution in [2.75, 3.05) is 7.11 Å². The molecule has 0 unspecified atom stereocenters. The maximum Gasteiger partial charge on any atom is 0.167 e. The second-order valence-electron chi connectivity index (χ2n) is 3.26. The fourth-order valence-corrected chi connectivity index (χ4v) is 2.28. The molecule has 2 rings (SSSR count). The lowest BCUT2D eigenvalue weighted by Gasteiger charge is -2.10. The zero-order valence-corrected chi connectivity index (χ0v) is 13.5. The first-order valence-corrected chi connectivity index (χ1v) is 6.97. The van der Waals surface area contributed by atoms with Gasteiger partial charge in [-0.05, 0) is 34.7 Å². The number of methoxy groups -OCH3 is 1. The molecule has 0 N–H and O–H groups in total. The van der Waals surface area contributed by atoms with Crippen molar-refractivity contribution in [2.45, 2.75) is 0 Å². The first kappa shape index (κ1) is 14.1. The molecule has 0 saturated heterocycles. The van der Waals surface area contributed by atoms with E-state index in [9.17, 15) is 0 Å². The number of hydrogen-bond acceptors (Lipinski definition) is 3. The first-order valence-electron chi connectivity index (χ1n) is 4.76. The molecule has 0 aliphatic rings. The summed E-state index contributed by atoms with van der Waals surface area (Å²) in [7, 11) is 1.55. The van der Waals surface area contributed by atoms with Gasteiger partial charge in [-0.1, -0.05) is 40.9 Å². The molecule has 18 heavy (non-hydrogen) atoms. The standard InChI is InChI=1S/C11H6Cl3IN2O/c1-18-6-4-2-3-5(12)7(6)11-16-9(13)8(15)10(14)17-11/h2-4H,1H3. The van der Waals surface area contributed by atoms with E-state index in [-0.39, 0.29) is 10.3 Å². The summed E-state index contributed by atoms with van der Waals surface area (Å²) in [5, 5.41) is 1.04. The molecule has 0 radical (unpaired) electrons. The van der Waals surface area contributed by atoms with Crippen molar-refractivity contribution in [3.63, 3.8) is 0 Å². The van der Waals surface area contributed by atoms with E-state index >= 15 is 0 Å². The Morgan fingerprint density at radius 2 is 1.72 bits per heavy atom. The van der Waals surface area contributed by atoms with Crippen LogP contribution in [-0.4, -0.2) is 17.1 Å². The molecule has 1 aromatic carbocycles. The lowest BCUT2D eigenvalue weighted by molar-refractivity contribution is 0.416. The molecule has 0 saturated carbocycles. The Balaban J connectivity index is 2.69. The largest absolute Gasteiger partial charge is 0.496 e. The van der Waals surface area contributed by atoms with Gasteiger partial charge in [-0.25, -0.2) is 9.97 Å². The summed E-state index contributed by atoms with van der Waals surface area (Å²) in [5.41, 5.74) is 0.571. The Morgan fingerprint density at radius 3 is 2.28 bits per heavy atom. The highest BCUT2D eigenvalue weighted by Gasteiger charge is 2.16. The highest BCUT2D eigenvalue weighted by atomic mass is 127. The number of benzene rings is 1. The summed E-state index contributed by atoms with van der Waals surface area (Å²) in [6.45, 7) is 0. The van der Waals surface area contributed by atoms with Gasteiger partial charge in [0.25, 0.3) is 0 Å². The Labute approximate surface area is 133 Å². The molecule has 0 bridgehead atoms. The van der Waals surface area contributed by atoms with Crippen molar-refractivity contribution in [1.82, 2.24) is 9.97 Å². The van der Waals surface area contributed by atoms with Crippen LogP contribution in [0.1, 0.15) is 0 Å². The van der Waals surface area contributed by atoms with Gasteiger partial charge in [0.15, 0.2) is 5.82 Å². The van der Waals surface area contributed by atoms with Crippen LogP contribution in [0.15, 0.2) is 18.2 Å². The molecule has 0 aliphatic carbocycles. The zero-order valence-electron chi connectivity index (χ0n) is 9.05. The minimum absolute atomic E-state index is 0.285. The fourth-order valence-electron chi connectivity index (χ4n) is 1.40. The third-order valence-corrected chi connectivity index (χ3v) is 4.71. The second kappa shape index (κ2) is 5.77. The van der Waals surface area contributed by atoms with Gasteiger partial charge < -0.3 is 4.74 Å². The SMILES string of the molecule is COc1cccc(Cl)c1-c1nc(Cl)c(I)c(Cl)n1. The molecule has 0 atom stereocenters. The van der Waals surface area contributed by atoms with E-state index in [1.54, 1.807) is 25.3 Å². The highest BCUT2D eigenvalue weighted by Crippen LogP contribution is 2.36. The van der Waals surface area contributed by atoms with Gasteiger partial charge in [-0.15, -0.1) is 0 Å². The van der Waals surface area contributed by atoms with Crippen LogP contribution in [-0.2, 0) is 0 Å². The van der Waals surface area contributed by atoms with E-state index in [1.165, 1.54) is 0 Å². The van der Waals surface area contributed by atoms with Gasteiger partial charge in [-0.2, -0.15) is 0 Å². The van der Waals surface area contributed by atoms with Crippen LogP contribution in [0.5, 0.6) is 5.75 Å².